The van der Waals surface area contributed by atoms with E-state index in [1.807, 2.05) is 0 Å². The van der Waals surface area contributed by atoms with Crippen molar-refractivity contribution in [3.05, 3.63) is 35.6 Å². The van der Waals surface area contributed by atoms with E-state index in [1.165, 1.54) is 6.07 Å². The van der Waals surface area contributed by atoms with Gasteiger partial charge in [-0.3, -0.25) is 0 Å². The first-order valence-corrected chi connectivity index (χ1v) is 5.30. The van der Waals surface area contributed by atoms with E-state index in [0.717, 1.165) is 18.6 Å². The van der Waals surface area contributed by atoms with Crippen molar-refractivity contribution in [1.29, 1.82) is 0 Å². The molecule has 2 N–H and O–H groups in total. The third-order valence-electron chi connectivity index (χ3n) is 2.52. The lowest BCUT2D eigenvalue weighted by atomic mass is 10.1. The van der Waals surface area contributed by atoms with Gasteiger partial charge in [0.05, 0.1) is 5.56 Å². The standard InChI is InChI=1S/C12H12F3NO/c13-12(14,15)9-3-4-11-8(6-9)7-10(17-11)2-1-5-16/h3-4,6-7H,1-2,5,16H2. The third-order valence-corrected chi connectivity index (χ3v) is 2.52. The van der Waals surface area contributed by atoms with Crippen molar-refractivity contribution in [2.45, 2.75) is 19.0 Å². The quantitative estimate of drug-likeness (QED) is 0.897. The zero-order valence-electron chi connectivity index (χ0n) is 9.05. The highest BCUT2D eigenvalue weighted by Gasteiger charge is 2.30. The van der Waals surface area contributed by atoms with E-state index in [1.54, 1.807) is 6.07 Å². The zero-order chi connectivity index (χ0) is 12.5. The van der Waals surface area contributed by atoms with Crippen molar-refractivity contribution in [3.8, 4) is 0 Å². The maximum absolute atomic E-state index is 12.5. The Labute approximate surface area is 96.2 Å². The van der Waals surface area contributed by atoms with Gasteiger partial charge < -0.3 is 10.2 Å². The normalized spacial score (nSPS) is 12.2. The van der Waals surface area contributed by atoms with Crippen molar-refractivity contribution in [3.63, 3.8) is 0 Å². The Morgan fingerprint density at radius 1 is 1.18 bits per heavy atom. The smallest absolute Gasteiger partial charge is 0.416 e. The predicted molar refractivity (Wildman–Crippen MR) is 58.6 cm³/mol. The first kappa shape index (κ1) is 12.0. The molecular formula is C12H12F3NO. The lowest BCUT2D eigenvalue weighted by Crippen LogP contribution is -2.03. The first-order chi connectivity index (χ1) is 8.00. The summed E-state index contributed by atoms with van der Waals surface area (Å²) in [5, 5.41) is 0.479. The first-order valence-electron chi connectivity index (χ1n) is 5.30. The fourth-order valence-corrected chi connectivity index (χ4v) is 1.67. The summed E-state index contributed by atoms with van der Waals surface area (Å²) in [4.78, 5) is 0. The van der Waals surface area contributed by atoms with Crippen LogP contribution >= 0.6 is 0 Å². The van der Waals surface area contributed by atoms with Crippen LogP contribution in [0.3, 0.4) is 0 Å². The molecule has 1 aromatic heterocycles. The molecule has 0 saturated heterocycles. The molecule has 1 heterocycles. The van der Waals surface area contributed by atoms with Crippen LogP contribution in [0.1, 0.15) is 17.7 Å². The number of halogens is 3. The maximum atomic E-state index is 12.5. The third kappa shape index (κ3) is 2.61. The summed E-state index contributed by atoms with van der Waals surface area (Å²) in [6.45, 7) is 0.533. The molecule has 0 fully saturated rings. The number of rotatable bonds is 3. The molecule has 0 atom stereocenters. The molecule has 0 saturated carbocycles. The Balaban J connectivity index is 2.34. The second-order valence-corrected chi connectivity index (χ2v) is 3.86. The molecule has 2 aromatic rings. The fourth-order valence-electron chi connectivity index (χ4n) is 1.67. The van der Waals surface area contributed by atoms with Gasteiger partial charge in [0.1, 0.15) is 11.3 Å². The topological polar surface area (TPSA) is 39.2 Å². The van der Waals surface area contributed by atoms with Crippen LogP contribution in [-0.4, -0.2) is 6.54 Å². The minimum absolute atomic E-state index is 0.477. The van der Waals surface area contributed by atoms with Gasteiger partial charge in [-0.25, -0.2) is 0 Å². The van der Waals surface area contributed by atoms with Crippen LogP contribution < -0.4 is 5.73 Å². The highest BCUT2D eigenvalue weighted by molar-refractivity contribution is 5.78. The molecule has 0 radical (unpaired) electrons. The number of fused-ring (bicyclic) bond motifs is 1. The Bertz CT molecular complexity index is 516. The molecule has 2 rings (SSSR count). The predicted octanol–water partition coefficient (Wildman–Crippen LogP) is 3.34. The second kappa shape index (κ2) is 4.41. The van der Waals surface area contributed by atoms with Gasteiger partial charge in [-0.2, -0.15) is 13.2 Å². The SMILES string of the molecule is NCCCc1cc2cc(C(F)(F)F)ccc2o1. The maximum Gasteiger partial charge on any atom is 0.416 e. The van der Waals surface area contributed by atoms with Crippen molar-refractivity contribution in [1.82, 2.24) is 0 Å². The summed E-state index contributed by atoms with van der Waals surface area (Å²) in [7, 11) is 0. The van der Waals surface area contributed by atoms with Crippen LogP contribution in [0.25, 0.3) is 11.0 Å². The van der Waals surface area contributed by atoms with Crippen LogP contribution in [0, 0.1) is 0 Å². The molecule has 17 heavy (non-hydrogen) atoms. The molecule has 5 heteroatoms. The average molecular weight is 243 g/mol. The molecule has 0 aliphatic heterocycles. The summed E-state index contributed by atoms with van der Waals surface area (Å²) >= 11 is 0. The van der Waals surface area contributed by atoms with Crippen LogP contribution in [0.5, 0.6) is 0 Å². The number of furan rings is 1. The molecule has 1 aromatic carbocycles. The number of hydrogen-bond acceptors (Lipinski definition) is 2. The molecule has 0 amide bonds. The lowest BCUT2D eigenvalue weighted by molar-refractivity contribution is -0.137. The highest BCUT2D eigenvalue weighted by Crippen LogP contribution is 2.32. The number of nitrogens with two attached hydrogens (primary N) is 1. The summed E-state index contributed by atoms with van der Waals surface area (Å²) in [5.41, 5.74) is 5.18. The summed E-state index contributed by atoms with van der Waals surface area (Å²) in [5.74, 6) is 0.671. The largest absolute Gasteiger partial charge is 0.461 e. The minimum Gasteiger partial charge on any atom is -0.461 e. The number of aryl methyl sites for hydroxylation is 1. The van der Waals surface area contributed by atoms with E-state index in [4.69, 9.17) is 10.2 Å². The van der Waals surface area contributed by atoms with Crippen LogP contribution in [-0.2, 0) is 12.6 Å². The van der Waals surface area contributed by atoms with Crippen LogP contribution in [0.2, 0.25) is 0 Å². The Kier molecular flexibility index (Phi) is 3.11. The van der Waals surface area contributed by atoms with Crippen molar-refractivity contribution >= 4 is 11.0 Å². The van der Waals surface area contributed by atoms with Crippen LogP contribution in [0.15, 0.2) is 28.7 Å². The van der Waals surface area contributed by atoms with Gasteiger partial charge >= 0.3 is 6.18 Å². The number of benzene rings is 1. The molecule has 0 spiro atoms. The van der Waals surface area contributed by atoms with Crippen molar-refractivity contribution in [2.24, 2.45) is 5.73 Å². The molecule has 92 valence electrons. The minimum atomic E-state index is -4.32. The second-order valence-electron chi connectivity index (χ2n) is 3.86. The van der Waals surface area contributed by atoms with E-state index in [0.29, 0.717) is 29.7 Å². The van der Waals surface area contributed by atoms with Gasteiger partial charge in [-0.05, 0) is 37.2 Å². The fraction of sp³-hybridized carbons (Fsp3) is 0.333. The number of hydrogen-bond donors (Lipinski definition) is 1. The van der Waals surface area contributed by atoms with E-state index in [2.05, 4.69) is 0 Å². The van der Waals surface area contributed by atoms with E-state index in [9.17, 15) is 13.2 Å². The van der Waals surface area contributed by atoms with Gasteiger partial charge in [0, 0.05) is 11.8 Å². The van der Waals surface area contributed by atoms with Crippen molar-refractivity contribution in [2.75, 3.05) is 6.54 Å². The highest BCUT2D eigenvalue weighted by atomic mass is 19.4. The zero-order valence-corrected chi connectivity index (χ0v) is 9.05. The lowest BCUT2D eigenvalue weighted by Gasteiger charge is -2.04. The Morgan fingerprint density at radius 2 is 1.94 bits per heavy atom. The van der Waals surface area contributed by atoms with Crippen LogP contribution in [0.4, 0.5) is 13.2 Å². The monoisotopic (exact) mass is 243 g/mol. The van der Waals surface area contributed by atoms with E-state index in [-0.39, 0.29) is 0 Å². The molecule has 0 aliphatic rings. The molecule has 0 unspecified atom stereocenters. The Morgan fingerprint density at radius 3 is 2.59 bits per heavy atom. The molecule has 0 bridgehead atoms. The number of alkyl halides is 3. The average Bonchev–Trinajstić information content (AvgIpc) is 2.66. The van der Waals surface area contributed by atoms with E-state index < -0.39 is 11.7 Å². The van der Waals surface area contributed by atoms with Gasteiger partial charge in [0.15, 0.2) is 0 Å². The van der Waals surface area contributed by atoms with Gasteiger partial charge in [-0.1, -0.05) is 0 Å². The Hall–Kier alpha value is -1.49. The summed E-state index contributed by atoms with van der Waals surface area (Å²) < 4.78 is 42.8. The summed E-state index contributed by atoms with van der Waals surface area (Å²) in [6.07, 6.45) is -2.92. The van der Waals surface area contributed by atoms with Crippen molar-refractivity contribution < 1.29 is 17.6 Å². The van der Waals surface area contributed by atoms with Gasteiger partial charge in [0.2, 0.25) is 0 Å². The van der Waals surface area contributed by atoms with Gasteiger partial charge in [0.25, 0.3) is 0 Å². The van der Waals surface area contributed by atoms with Gasteiger partial charge in [-0.15, -0.1) is 0 Å². The molecule has 0 aliphatic carbocycles. The molecule has 2 nitrogen and oxygen atoms in total. The summed E-state index contributed by atoms with van der Waals surface area (Å²) in [6, 6.07) is 5.12. The van der Waals surface area contributed by atoms with E-state index >= 15 is 0 Å². The molecular weight excluding hydrogens is 231 g/mol.